The molecule has 0 radical (unpaired) electrons. The van der Waals surface area contributed by atoms with E-state index in [0.717, 1.165) is 30.7 Å². The van der Waals surface area contributed by atoms with Crippen molar-refractivity contribution in [2.75, 3.05) is 6.54 Å². The third-order valence-corrected chi connectivity index (χ3v) is 6.13. The van der Waals surface area contributed by atoms with Crippen molar-refractivity contribution in [2.45, 2.75) is 26.8 Å². The Balaban J connectivity index is 3.14. The Kier molecular flexibility index (Phi) is 4.24. The molecule has 0 aromatic carbocycles. The standard InChI is InChI=1S/C5H12N.In.2H/c1-4-6-5(2)3;;;/h5H,4H2,1-3H3;;;/q-1;+1;;. The number of hydrogen-bond donors (Lipinski definition) is 0. The number of nitrogens with zero attached hydrogens (tertiary/aromatic N) is 1. The summed E-state index contributed by atoms with van der Waals surface area (Å²) in [4.78, 5) is 0. The van der Waals surface area contributed by atoms with E-state index in [1.165, 1.54) is 6.54 Å². The Bertz CT molecular complexity index is 45.3. The third kappa shape index (κ3) is 3.42. The Morgan fingerprint density at radius 2 is 2.00 bits per heavy atom. The fourth-order valence-electron chi connectivity index (χ4n) is 0.365. The van der Waals surface area contributed by atoms with Crippen LogP contribution in [0.2, 0.25) is 0 Å². The molecule has 0 aliphatic rings. The summed E-state index contributed by atoms with van der Waals surface area (Å²) in [6.45, 7) is 7.96. The molecule has 42 valence electrons. The molecule has 0 saturated carbocycles. The van der Waals surface area contributed by atoms with E-state index in [4.69, 9.17) is 0 Å². The minimum atomic E-state index is 0.735. The molecule has 0 unspecified atom stereocenters. The molecular weight excluding hydrogens is 189 g/mol. The maximum atomic E-state index is 2.50. The molecular formula is C5H14InN. The van der Waals surface area contributed by atoms with Gasteiger partial charge < -0.3 is 0 Å². The van der Waals surface area contributed by atoms with Gasteiger partial charge in [-0.15, -0.1) is 0 Å². The van der Waals surface area contributed by atoms with Gasteiger partial charge >= 0.3 is 60.9 Å². The van der Waals surface area contributed by atoms with Crippen LogP contribution in [0.15, 0.2) is 0 Å². The summed E-state index contributed by atoms with van der Waals surface area (Å²) in [7, 11) is 0. The zero-order valence-electron chi connectivity index (χ0n) is 5.73. The average Bonchev–Trinajstić information content (AvgIpc) is 1.65. The Morgan fingerprint density at radius 1 is 1.57 bits per heavy atom. The van der Waals surface area contributed by atoms with Crippen molar-refractivity contribution in [1.29, 1.82) is 0 Å². The van der Waals surface area contributed by atoms with Crippen LogP contribution in [0, 0.1) is 0 Å². The predicted molar refractivity (Wildman–Crippen MR) is 36.1 cm³/mol. The summed E-state index contributed by atoms with van der Waals surface area (Å²) < 4.78 is 2.50. The third-order valence-electron chi connectivity index (χ3n) is 1.38. The summed E-state index contributed by atoms with van der Waals surface area (Å²) in [5.74, 6) is 0. The second-order valence-corrected chi connectivity index (χ2v) is 5.45. The van der Waals surface area contributed by atoms with Crippen molar-refractivity contribution in [1.82, 2.24) is 2.89 Å². The summed E-state index contributed by atoms with van der Waals surface area (Å²) in [6.07, 6.45) is 0. The van der Waals surface area contributed by atoms with E-state index in [0.29, 0.717) is 0 Å². The van der Waals surface area contributed by atoms with Crippen LogP contribution in [-0.4, -0.2) is 40.1 Å². The molecule has 0 heterocycles. The van der Waals surface area contributed by atoms with Crippen molar-refractivity contribution in [3.05, 3.63) is 0 Å². The SMILES string of the molecule is CC[N]([InH2])C(C)C. The predicted octanol–water partition coefficient (Wildman–Crippen LogP) is 0.265. The molecule has 2 heteroatoms. The first-order chi connectivity index (χ1) is 3.18. The van der Waals surface area contributed by atoms with Crippen molar-refractivity contribution in [3.63, 3.8) is 0 Å². The molecule has 0 bridgehead atoms. The first kappa shape index (κ1) is 7.83. The topological polar surface area (TPSA) is 3.24 Å². The minimum absolute atomic E-state index is 0.735. The second-order valence-electron chi connectivity index (χ2n) is 2.17. The first-order valence-electron chi connectivity index (χ1n) is 2.88. The van der Waals surface area contributed by atoms with Crippen LogP contribution in [-0.2, 0) is 0 Å². The molecule has 7 heavy (non-hydrogen) atoms. The van der Waals surface area contributed by atoms with E-state index in [9.17, 15) is 0 Å². The van der Waals surface area contributed by atoms with Crippen LogP contribution in [0.5, 0.6) is 0 Å². The first-order valence-corrected chi connectivity index (χ1v) is 5.44. The van der Waals surface area contributed by atoms with Gasteiger partial charge in [-0.25, -0.2) is 0 Å². The zero-order valence-corrected chi connectivity index (χ0v) is 11.4. The summed E-state index contributed by atoms with van der Waals surface area (Å²) in [5, 5.41) is 0. The van der Waals surface area contributed by atoms with Gasteiger partial charge in [0.15, 0.2) is 0 Å². The van der Waals surface area contributed by atoms with Gasteiger partial charge in [0.25, 0.3) is 0 Å². The molecule has 0 amide bonds. The zero-order chi connectivity index (χ0) is 5.86. The van der Waals surface area contributed by atoms with Crippen molar-refractivity contribution >= 4 is 24.7 Å². The summed E-state index contributed by atoms with van der Waals surface area (Å²) in [5.41, 5.74) is 0. The molecule has 1 nitrogen and oxygen atoms in total. The molecule has 0 atom stereocenters. The van der Waals surface area contributed by atoms with Gasteiger partial charge in [-0.3, -0.25) is 0 Å². The van der Waals surface area contributed by atoms with E-state index >= 15 is 0 Å². The molecule has 0 saturated heterocycles. The molecule has 0 fully saturated rings. The van der Waals surface area contributed by atoms with Gasteiger partial charge in [0.1, 0.15) is 0 Å². The number of hydrogen-bond acceptors (Lipinski definition) is 1. The molecule has 0 aromatic rings. The number of rotatable bonds is 2. The van der Waals surface area contributed by atoms with Crippen molar-refractivity contribution in [3.8, 4) is 0 Å². The average molecular weight is 203 g/mol. The van der Waals surface area contributed by atoms with E-state index < -0.39 is 0 Å². The fourth-order valence-corrected chi connectivity index (χ4v) is 0.365. The molecule has 0 rings (SSSR count). The van der Waals surface area contributed by atoms with Crippen molar-refractivity contribution < 1.29 is 0 Å². The molecule has 0 aliphatic carbocycles. The maximum absolute atomic E-state index is 2.50. The quantitative estimate of drug-likeness (QED) is 0.622. The molecule has 0 aromatic heterocycles. The van der Waals surface area contributed by atoms with Crippen LogP contribution in [0.25, 0.3) is 0 Å². The summed E-state index contributed by atoms with van der Waals surface area (Å²) >= 11 is 0.735. The fraction of sp³-hybridized carbons (Fsp3) is 1.00. The Morgan fingerprint density at radius 3 is 2.00 bits per heavy atom. The normalized spacial score (nSPS) is 11.0. The van der Waals surface area contributed by atoms with Crippen molar-refractivity contribution in [2.24, 2.45) is 0 Å². The van der Waals surface area contributed by atoms with Gasteiger partial charge in [0.2, 0.25) is 0 Å². The van der Waals surface area contributed by atoms with Crippen LogP contribution in [0.3, 0.4) is 0 Å². The van der Waals surface area contributed by atoms with Crippen LogP contribution in [0.4, 0.5) is 0 Å². The van der Waals surface area contributed by atoms with E-state index in [-0.39, 0.29) is 0 Å². The van der Waals surface area contributed by atoms with Gasteiger partial charge in [-0.1, -0.05) is 0 Å². The summed E-state index contributed by atoms with van der Waals surface area (Å²) in [6, 6.07) is 0.792. The van der Waals surface area contributed by atoms with Crippen LogP contribution < -0.4 is 0 Å². The molecule has 0 spiro atoms. The van der Waals surface area contributed by atoms with Gasteiger partial charge in [0, 0.05) is 0 Å². The van der Waals surface area contributed by atoms with E-state index in [2.05, 4.69) is 23.7 Å². The van der Waals surface area contributed by atoms with E-state index in [1.807, 2.05) is 0 Å². The second kappa shape index (κ2) is 3.79. The van der Waals surface area contributed by atoms with Gasteiger partial charge in [-0.2, -0.15) is 0 Å². The van der Waals surface area contributed by atoms with E-state index in [1.54, 1.807) is 0 Å². The van der Waals surface area contributed by atoms with Gasteiger partial charge in [0.05, 0.1) is 0 Å². The molecule has 0 aliphatic heterocycles. The van der Waals surface area contributed by atoms with Crippen LogP contribution in [0.1, 0.15) is 20.8 Å². The Hall–Kier alpha value is 0.830. The van der Waals surface area contributed by atoms with Crippen LogP contribution >= 0.6 is 0 Å². The Labute approximate surface area is 61.0 Å². The molecule has 0 N–H and O–H groups in total. The monoisotopic (exact) mass is 203 g/mol. The van der Waals surface area contributed by atoms with Gasteiger partial charge in [-0.05, 0) is 0 Å².